The number of para-hydroxylation sites is 1. The molecule has 18 heavy (non-hydrogen) atoms. The van der Waals surface area contributed by atoms with Crippen LogP contribution in [-0.4, -0.2) is 4.98 Å². The number of benzene rings is 2. The molecule has 2 heteroatoms. The number of anilines is 1. The number of aromatic amines is 1. The van der Waals surface area contributed by atoms with E-state index >= 15 is 0 Å². The van der Waals surface area contributed by atoms with Gasteiger partial charge in [0.2, 0.25) is 0 Å². The van der Waals surface area contributed by atoms with E-state index in [1.165, 1.54) is 22.2 Å². The summed E-state index contributed by atoms with van der Waals surface area (Å²) in [6, 6.07) is 16.8. The third-order valence-corrected chi connectivity index (χ3v) is 3.31. The zero-order valence-corrected chi connectivity index (χ0v) is 10.4. The topological polar surface area (TPSA) is 41.8 Å². The summed E-state index contributed by atoms with van der Waals surface area (Å²) in [6.45, 7) is 2.05. The number of aryl methyl sites for hydroxylation is 1. The SMILES string of the molecule is Cc1cc(Cc2cc3ccccc3[nH]2)ccc1N. The highest BCUT2D eigenvalue weighted by atomic mass is 14.7. The highest BCUT2D eigenvalue weighted by Crippen LogP contribution is 2.19. The Labute approximate surface area is 106 Å². The minimum absolute atomic E-state index is 0.857. The fraction of sp³-hybridized carbons (Fsp3) is 0.125. The second kappa shape index (κ2) is 4.22. The first-order valence-corrected chi connectivity index (χ1v) is 6.14. The number of H-pyrrole nitrogens is 1. The number of rotatable bonds is 2. The Balaban J connectivity index is 1.93. The van der Waals surface area contributed by atoms with Crippen LogP contribution in [0.1, 0.15) is 16.8 Å². The Morgan fingerprint density at radius 1 is 1.06 bits per heavy atom. The molecule has 0 unspecified atom stereocenters. The van der Waals surface area contributed by atoms with Crippen molar-refractivity contribution in [2.45, 2.75) is 13.3 Å². The van der Waals surface area contributed by atoms with Gasteiger partial charge in [-0.3, -0.25) is 0 Å². The van der Waals surface area contributed by atoms with Gasteiger partial charge in [0, 0.05) is 23.3 Å². The van der Waals surface area contributed by atoms with Gasteiger partial charge in [0.15, 0.2) is 0 Å². The number of hydrogen-bond donors (Lipinski definition) is 2. The third-order valence-electron chi connectivity index (χ3n) is 3.31. The molecule has 0 aliphatic carbocycles. The van der Waals surface area contributed by atoms with Gasteiger partial charge < -0.3 is 10.7 Å². The van der Waals surface area contributed by atoms with E-state index in [0.717, 1.165) is 17.7 Å². The maximum absolute atomic E-state index is 5.84. The molecule has 3 rings (SSSR count). The smallest absolute Gasteiger partial charge is 0.0456 e. The van der Waals surface area contributed by atoms with Gasteiger partial charge in [-0.25, -0.2) is 0 Å². The van der Waals surface area contributed by atoms with Crippen molar-refractivity contribution in [3.8, 4) is 0 Å². The molecule has 0 radical (unpaired) electrons. The molecule has 0 saturated heterocycles. The molecule has 0 aliphatic rings. The molecular weight excluding hydrogens is 220 g/mol. The normalized spacial score (nSPS) is 10.9. The van der Waals surface area contributed by atoms with Crippen LogP contribution in [0.2, 0.25) is 0 Å². The minimum Gasteiger partial charge on any atom is -0.399 e. The van der Waals surface area contributed by atoms with Crippen molar-refractivity contribution in [2.75, 3.05) is 5.73 Å². The highest BCUT2D eigenvalue weighted by Gasteiger charge is 2.02. The number of nitrogens with two attached hydrogens (primary N) is 1. The molecule has 2 nitrogen and oxygen atoms in total. The van der Waals surface area contributed by atoms with E-state index in [1.54, 1.807) is 0 Å². The maximum atomic E-state index is 5.84. The Hall–Kier alpha value is -2.22. The van der Waals surface area contributed by atoms with E-state index in [2.05, 4.69) is 47.4 Å². The van der Waals surface area contributed by atoms with Crippen molar-refractivity contribution < 1.29 is 0 Å². The zero-order valence-electron chi connectivity index (χ0n) is 10.4. The zero-order chi connectivity index (χ0) is 12.5. The molecule has 0 atom stereocenters. The molecule has 90 valence electrons. The Morgan fingerprint density at radius 2 is 1.89 bits per heavy atom. The van der Waals surface area contributed by atoms with Gasteiger partial charge in [-0.15, -0.1) is 0 Å². The molecule has 0 saturated carbocycles. The van der Waals surface area contributed by atoms with Crippen molar-refractivity contribution in [3.63, 3.8) is 0 Å². The molecule has 0 fully saturated rings. The van der Waals surface area contributed by atoms with Gasteiger partial charge in [-0.05, 0) is 41.6 Å². The van der Waals surface area contributed by atoms with Crippen LogP contribution in [0.4, 0.5) is 5.69 Å². The molecule has 0 bridgehead atoms. The molecule has 3 N–H and O–H groups in total. The predicted octanol–water partition coefficient (Wildman–Crippen LogP) is 3.65. The van der Waals surface area contributed by atoms with Crippen LogP contribution in [0, 0.1) is 6.92 Å². The molecular formula is C16H16N2. The lowest BCUT2D eigenvalue weighted by Crippen LogP contribution is -1.93. The molecule has 0 spiro atoms. The Kier molecular flexibility index (Phi) is 2.56. The van der Waals surface area contributed by atoms with Crippen LogP contribution < -0.4 is 5.73 Å². The average Bonchev–Trinajstić information content (AvgIpc) is 2.76. The Bertz CT molecular complexity index is 662. The van der Waals surface area contributed by atoms with E-state index in [0.29, 0.717) is 0 Å². The summed E-state index contributed by atoms with van der Waals surface area (Å²) in [7, 11) is 0. The average molecular weight is 236 g/mol. The van der Waals surface area contributed by atoms with Crippen LogP contribution in [0.25, 0.3) is 10.9 Å². The lowest BCUT2D eigenvalue weighted by Gasteiger charge is -2.03. The van der Waals surface area contributed by atoms with Crippen molar-refractivity contribution in [1.29, 1.82) is 0 Å². The van der Waals surface area contributed by atoms with E-state index in [4.69, 9.17) is 5.73 Å². The van der Waals surface area contributed by atoms with E-state index in [9.17, 15) is 0 Å². The lowest BCUT2D eigenvalue weighted by atomic mass is 10.1. The fourth-order valence-electron chi connectivity index (χ4n) is 2.30. The van der Waals surface area contributed by atoms with Gasteiger partial charge in [-0.1, -0.05) is 30.3 Å². The third kappa shape index (κ3) is 1.97. The molecule has 0 amide bonds. The van der Waals surface area contributed by atoms with Crippen molar-refractivity contribution in [2.24, 2.45) is 0 Å². The van der Waals surface area contributed by atoms with Crippen LogP contribution in [-0.2, 0) is 6.42 Å². The number of hydrogen-bond acceptors (Lipinski definition) is 1. The van der Waals surface area contributed by atoms with Gasteiger partial charge in [0.25, 0.3) is 0 Å². The number of aromatic nitrogens is 1. The van der Waals surface area contributed by atoms with Crippen molar-refractivity contribution in [1.82, 2.24) is 4.98 Å². The largest absolute Gasteiger partial charge is 0.399 e. The van der Waals surface area contributed by atoms with Crippen molar-refractivity contribution in [3.05, 3.63) is 65.4 Å². The van der Waals surface area contributed by atoms with Crippen LogP contribution in [0.5, 0.6) is 0 Å². The molecule has 1 heterocycles. The molecule has 0 aliphatic heterocycles. The van der Waals surface area contributed by atoms with Crippen LogP contribution in [0.15, 0.2) is 48.5 Å². The summed E-state index contributed by atoms with van der Waals surface area (Å²) in [5.41, 5.74) is 11.6. The molecule has 1 aromatic heterocycles. The van der Waals surface area contributed by atoms with E-state index in [1.807, 2.05) is 13.0 Å². The lowest BCUT2D eigenvalue weighted by molar-refractivity contribution is 1.12. The highest BCUT2D eigenvalue weighted by molar-refractivity contribution is 5.80. The summed E-state index contributed by atoms with van der Waals surface area (Å²) in [5.74, 6) is 0. The van der Waals surface area contributed by atoms with E-state index < -0.39 is 0 Å². The van der Waals surface area contributed by atoms with Crippen LogP contribution >= 0.6 is 0 Å². The first kappa shape index (κ1) is 10.9. The summed E-state index contributed by atoms with van der Waals surface area (Å²) < 4.78 is 0. The summed E-state index contributed by atoms with van der Waals surface area (Å²) in [5, 5.41) is 1.26. The van der Waals surface area contributed by atoms with Crippen LogP contribution in [0.3, 0.4) is 0 Å². The fourth-order valence-corrected chi connectivity index (χ4v) is 2.30. The first-order valence-electron chi connectivity index (χ1n) is 6.14. The standard InChI is InChI=1S/C16H16N2/c1-11-8-12(6-7-15(11)17)9-14-10-13-4-2-3-5-16(13)18-14/h2-8,10,18H,9,17H2,1H3. The minimum atomic E-state index is 0.857. The second-order valence-electron chi connectivity index (χ2n) is 4.75. The number of nitrogens with one attached hydrogen (secondary N) is 1. The first-order chi connectivity index (χ1) is 8.72. The van der Waals surface area contributed by atoms with Gasteiger partial charge >= 0.3 is 0 Å². The maximum Gasteiger partial charge on any atom is 0.0456 e. The summed E-state index contributed by atoms with van der Waals surface area (Å²) in [4.78, 5) is 3.45. The quantitative estimate of drug-likeness (QED) is 0.655. The monoisotopic (exact) mass is 236 g/mol. The molecule has 3 aromatic rings. The van der Waals surface area contributed by atoms with Crippen molar-refractivity contribution >= 4 is 16.6 Å². The molecule has 2 aromatic carbocycles. The van der Waals surface area contributed by atoms with E-state index in [-0.39, 0.29) is 0 Å². The summed E-state index contributed by atoms with van der Waals surface area (Å²) >= 11 is 0. The van der Waals surface area contributed by atoms with Gasteiger partial charge in [0.1, 0.15) is 0 Å². The number of fused-ring (bicyclic) bond motifs is 1. The van der Waals surface area contributed by atoms with Gasteiger partial charge in [-0.2, -0.15) is 0 Å². The predicted molar refractivity (Wildman–Crippen MR) is 76.7 cm³/mol. The van der Waals surface area contributed by atoms with Gasteiger partial charge in [0.05, 0.1) is 0 Å². The second-order valence-corrected chi connectivity index (χ2v) is 4.75. The Morgan fingerprint density at radius 3 is 2.67 bits per heavy atom. The number of nitrogen functional groups attached to an aromatic ring is 1. The summed E-state index contributed by atoms with van der Waals surface area (Å²) in [6.07, 6.45) is 0.912.